The van der Waals surface area contributed by atoms with Crippen LogP contribution in [-0.4, -0.2) is 51.7 Å². The van der Waals surface area contributed by atoms with Crippen LogP contribution in [0.5, 0.6) is 5.75 Å². The number of unbranched alkanes of at least 4 members (excludes halogenated alkanes) is 1. The molecule has 0 spiro atoms. The summed E-state index contributed by atoms with van der Waals surface area (Å²) >= 11 is 0. The molecule has 2 N–H and O–H groups in total. The normalized spacial score (nSPS) is 14.2. The molecule has 8 nitrogen and oxygen atoms in total. The fourth-order valence-electron chi connectivity index (χ4n) is 2.28. The number of carbonyl (C=O) groups is 2. The molecule has 120 valence electrons. The number of rotatable bonds is 7. The second kappa shape index (κ2) is 6.91. The molecule has 1 fully saturated rings. The Bertz CT molecular complexity index is 669. The Morgan fingerprint density at radius 2 is 2.13 bits per heavy atom. The van der Waals surface area contributed by atoms with Crippen molar-refractivity contribution in [3.8, 4) is 17.1 Å². The van der Waals surface area contributed by atoms with Crippen molar-refractivity contribution in [3.63, 3.8) is 0 Å². The number of nitrogens with zero attached hydrogens (tertiary/aromatic N) is 3. The number of H-pyrrole nitrogens is 1. The first kappa shape index (κ1) is 15.0. The quantitative estimate of drug-likeness (QED) is 0.590. The number of amides is 3. The number of carbonyl (C=O) groups excluding carboxylic acids is 2. The average Bonchev–Trinajstić information content (AvgIpc) is 3.18. The van der Waals surface area contributed by atoms with Gasteiger partial charge in [0.25, 0.3) is 0 Å². The van der Waals surface area contributed by atoms with Crippen LogP contribution in [0.1, 0.15) is 12.8 Å². The zero-order chi connectivity index (χ0) is 16.1. The number of aromatic amines is 1. The molecule has 0 radical (unpaired) electrons. The highest BCUT2D eigenvalue weighted by molar-refractivity contribution is 6.01. The van der Waals surface area contributed by atoms with Crippen molar-refractivity contribution in [2.24, 2.45) is 0 Å². The van der Waals surface area contributed by atoms with Crippen molar-refractivity contribution >= 4 is 11.9 Å². The maximum absolute atomic E-state index is 11.3. The highest BCUT2D eigenvalue weighted by atomic mass is 16.5. The molecular formula is C15H17N5O3. The highest BCUT2D eigenvalue weighted by Crippen LogP contribution is 2.17. The molecule has 1 aliphatic rings. The molecule has 8 heteroatoms. The summed E-state index contributed by atoms with van der Waals surface area (Å²) in [5.74, 6) is 0.456. The molecule has 2 aromatic rings. The van der Waals surface area contributed by atoms with Gasteiger partial charge >= 0.3 is 6.03 Å². The number of ether oxygens (including phenoxy) is 1. The van der Waals surface area contributed by atoms with Crippen LogP contribution in [0.25, 0.3) is 11.4 Å². The summed E-state index contributed by atoms with van der Waals surface area (Å²) in [6.45, 7) is 1.24. The predicted octanol–water partition coefficient (Wildman–Crippen LogP) is 1.18. The van der Waals surface area contributed by atoms with Gasteiger partial charge in [-0.15, -0.1) is 0 Å². The average molecular weight is 315 g/mol. The van der Waals surface area contributed by atoms with E-state index in [0.29, 0.717) is 18.9 Å². The molecule has 0 unspecified atom stereocenters. The Hall–Kier alpha value is -2.90. The Morgan fingerprint density at radius 3 is 2.78 bits per heavy atom. The lowest BCUT2D eigenvalue weighted by atomic mass is 10.3. The summed E-state index contributed by atoms with van der Waals surface area (Å²) in [6.07, 6.45) is 4.92. The SMILES string of the molecule is O=C1CN(CCCCOc2ccc(-c3ccn[nH]3)nc2)C(=O)N1. The van der Waals surface area contributed by atoms with Gasteiger partial charge in [-0.1, -0.05) is 0 Å². The zero-order valence-corrected chi connectivity index (χ0v) is 12.5. The van der Waals surface area contributed by atoms with E-state index in [-0.39, 0.29) is 18.5 Å². The van der Waals surface area contributed by atoms with E-state index in [1.807, 2.05) is 18.2 Å². The monoisotopic (exact) mass is 315 g/mol. The van der Waals surface area contributed by atoms with Crippen molar-refractivity contribution in [2.75, 3.05) is 19.7 Å². The van der Waals surface area contributed by atoms with Crippen LogP contribution < -0.4 is 10.1 Å². The van der Waals surface area contributed by atoms with E-state index < -0.39 is 0 Å². The fourth-order valence-corrected chi connectivity index (χ4v) is 2.28. The third kappa shape index (κ3) is 3.85. The minimum Gasteiger partial charge on any atom is -0.492 e. The molecule has 3 amide bonds. The summed E-state index contributed by atoms with van der Waals surface area (Å²) in [4.78, 5) is 28.2. The Labute approximate surface area is 132 Å². The largest absolute Gasteiger partial charge is 0.492 e. The Kier molecular flexibility index (Phi) is 4.51. The topological polar surface area (TPSA) is 100 Å². The summed E-state index contributed by atoms with van der Waals surface area (Å²) in [7, 11) is 0. The van der Waals surface area contributed by atoms with E-state index in [2.05, 4.69) is 20.5 Å². The van der Waals surface area contributed by atoms with Gasteiger partial charge in [0.15, 0.2) is 0 Å². The number of aromatic nitrogens is 3. The second-order valence-corrected chi connectivity index (χ2v) is 5.18. The fraction of sp³-hybridized carbons (Fsp3) is 0.333. The molecular weight excluding hydrogens is 298 g/mol. The summed E-state index contributed by atoms with van der Waals surface area (Å²) in [5, 5.41) is 8.99. The predicted molar refractivity (Wildman–Crippen MR) is 81.7 cm³/mol. The number of pyridine rings is 1. The summed E-state index contributed by atoms with van der Waals surface area (Å²) in [5.41, 5.74) is 1.66. The minimum atomic E-state index is -0.311. The van der Waals surface area contributed by atoms with E-state index in [1.54, 1.807) is 12.4 Å². The molecule has 3 heterocycles. The van der Waals surface area contributed by atoms with E-state index in [1.165, 1.54) is 4.90 Å². The van der Waals surface area contributed by atoms with E-state index in [9.17, 15) is 9.59 Å². The maximum Gasteiger partial charge on any atom is 0.324 e. The second-order valence-electron chi connectivity index (χ2n) is 5.18. The number of hydrogen-bond acceptors (Lipinski definition) is 5. The van der Waals surface area contributed by atoms with Gasteiger partial charge in [0, 0.05) is 12.7 Å². The van der Waals surface area contributed by atoms with Gasteiger partial charge in [0.2, 0.25) is 5.91 Å². The van der Waals surface area contributed by atoms with E-state index in [4.69, 9.17) is 4.74 Å². The van der Waals surface area contributed by atoms with E-state index >= 15 is 0 Å². The smallest absolute Gasteiger partial charge is 0.324 e. The van der Waals surface area contributed by atoms with Crippen LogP contribution >= 0.6 is 0 Å². The number of hydrogen-bond donors (Lipinski definition) is 2. The van der Waals surface area contributed by atoms with Crippen LogP contribution in [0, 0.1) is 0 Å². The van der Waals surface area contributed by atoms with Crippen molar-refractivity contribution in [3.05, 3.63) is 30.6 Å². The van der Waals surface area contributed by atoms with Gasteiger partial charge in [-0.25, -0.2) is 4.79 Å². The third-order valence-corrected chi connectivity index (χ3v) is 3.47. The van der Waals surface area contributed by atoms with Gasteiger partial charge in [-0.2, -0.15) is 5.10 Å². The van der Waals surface area contributed by atoms with Crippen LogP contribution in [0.2, 0.25) is 0 Å². The van der Waals surface area contributed by atoms with Crippen molar-refractivity contribution in [1.29, 1.82) is 0 Å². The number of nitrogens with one attached hydrogen (secondary N) is 2. The first-order valence-electron chi connectivity index (χ1n) is 7.40. The standard InChI is InChI=1S/C15H17N5O3/c21-14-10-20(15(22)18-14)7-1-2-8-23-11-3-4-12(16-9-11)13-5-6-17-19-13/h3-6,9H,1-2,7-8,10H2,(H,17,19)(H,18,21,22). The first-order chi connectivity index (χ1) is 11.2. The third-order valence-electron chi connectivity index (χ3n) is 3.47. The van der Waals surface area contributed by atoms with Crippen molar-refractivity contribution < 1.29 is 14.3 Å². The molecule has 0 aliphatic carbocycles. The van der Waals surface area contributed by atoms with Crippen LogP contribution in [0.3, 0.4) is 0 Å². The molecule has 0 saturated carbocycles. The van der Waals surface area contributed by atoms with Gasteiger partial charge < -0.3 is 9.64 Å². The molecule has 23 heavy (non-hydrogen) atoms. The molecule has 0 bridgehead atoms. The molecule has 0 atom stereocenters. The lowest BCUT2D eigenvalue weighted by Gasteiger charge is -2.12. The molecule has 0 aromatic carbocycles. The number of urea groups is 1. The van der Waals surface area contributed by atoms with Gasteiger partial charge in [-0.3, -0.25) is 20.2 Å². The molecule has 2 aromatic heterocycles. The van der Waals surface area contributed by atoms with Crippen LogP contribution in [0.4, 0.5) is 4.79 Å². The van der Waals surface area contributed by atoms with Crippen molar-refractivity contribution in [2.45, 2.75) is 12.8 Å². The highest BCUT2D eigenvalue weighted by Gasteiger charge is 2.25. The van der Waals surface area contributed by atoms with Crippen LogP contribution in [0.15, 0.2) is 30.6 Å². The molecule has 1 saturated heterocycles. The lowest BCUT2D eigenvalue weighted by molar-refractivity contribution is -0.118. The Balaban J connectivity index is 1.37. The van der Waals surface area contributed by atoms with Crippen LogP contribution in [-0.2, 0) is 4.79 Å². The van der Waals surface area contributed by atoms with Gasteiger partial charge in [0.05, 0.1) is 24.2 Å². The summed E-state index contributed by atoms with van der Waals surface area (Å²) in [6, 6.07) is 5.26. The Morgan fingerprint density at radius 1 is 1.22 bits per heavy atom. The summed E-state index contributed by atoms with van der Waals surface area (Å²) < 4.78 is 5.62. The lowest BCUT2D eigenvalue weighted by Crippen LogP contribution is -2.29. The zero-order valence-electron chi connectivity index (χ0n) is 12.5. The van der Waals surface area contributed by atoms with Gasteiger partial charge in [-0.05, 0) is 31.0 Å². The van der Waals surface area contributed by atoms with E-state index in [0.717, 1.165) is 24.2 Å². The van der Waals surface area contributed by atoms with Crippen molar-refractivity contribution in [1.82, 2.24) is 25.4 Å². The number of imide groups is 1. The van der Waals surface area contributed by atoms with Gasteiger partial charge in [0.1, 0.15) is 12.3 Å². The minimum absolute atomic E-state index is 0.151. The molecule has 3 rings (SSSR count). The first-order valence-corrected chi connectivity index (χ1v) is 7.40. The molecule has 1 aliphatic heterocycles. The maximum atomic E-state index is 11.3.